The maximum Gasteiger partial charge on any atom is 4.00 e. The Bertz CT molecular complexity index is 1110. The number of allylic oxidation sites excluding steroid dienone is 4. The van der Waals surface area contributed by atoms with E-state index in [2.05, 4.69) is 96.2 Å². The van der Waals surface area contributed by atoms with Gasteiger partial charge in [-0.25, -0.2) is 12.1 Å². The summed E-state index contributed by atoms with van der Waals surface area (Å²) < 4.78 is 0. The minimum atomic E-state index is 0. The van der Waals surface area contributed by atoms with Crippen LogP contribution in [0.4, 0.5) is 0 Å². The molecular formula is C32H36Cl2Zr. The normalized spacial score (nSPS) is 13.5. The first kappa shape index (κ1) is 31.8. The Morgan fingerprint density at radius 2 is 1.51 bits per heavy atom. The van der Waals surface area contributed by atoms with Gasteiger partial charge in [0.1, 0.15) is 0 Å². The van der Waals surface area contributed by atoms with Gasteiger partial charge in [0, 0.05) is 0 Å². The molecule has 0 amide bonds. The van der Waals surface area contributed by atoms with Crippen molar-refractivity contribution in [3.63, 3.8) is 0 Å². The van der Waals surface area contributed by atoms with E-state index < -0.39 is 0 Å². The van der Waals surface area contributed by atoms with Crippen molar-refractivity contribution in [2.24, 2.45) is 5.92 Å². The first-order valence-corrected chi connectivity index (χ1v) is 11.9. The van der Waals surface area contributed by atoms with Crippen molar-refractivity contribution in [2.75, 3.05) is 0 Å². The number of halogens is 2. The average molecular weight is 583 g/mol. The van der Waals surface area contributed by atoms with Crippen molar-refractivity contribution in [1.82, 2.24) is 0 Å². The van der Waals surface area contributed by atoms with E-state index in [4.69, 9.17) is 0 Å². The smallest absolute Gasteiger partial charge is 1.00 e. The van der Waals surface area contributed by atoms with Crippen LogP contribution in [0.3, 0.4) is 0 Å². The summed E-state index contributed by atoms with van der Waals surface area (Å²) in [5.74, 6) is 0.516. The number of fused-ring (bicyclic) bond motifs is 3. The molecule has 3 aromatic rings. The molecule has 0 saturated carbocycles. The van der Waals surface area contributed by atoms with Gasteiger partial charge in [0.25, 0.3) is 0 Å². The molecule has 0 atom stereocenters. The maximum atomic E-state index is 3.80. The van der Waals surface area contributed by atoms with Crippen LogP contribution in [-0.2, 0) is 49.9 Å². The van der Waals surface area contributed by atoms with Crippen LogP contribution in [0.25, 0.3) is 11.1 Å². The summed E-state index contributed by atoms with van der Waals surface area (Å²) in [5.41, 5.74) is 10.3. The second-order valence-corrected chi connectivity index (χ2v) is 11.2. The first-order valence-electron chi connectivity index (χ1n) is 11.9. The summed E-state index contributed by atoms with van der Waals surface area (Å²) in [6.07, 6.45) is 11.1. The van der Waals surface area contributed by atoms with Crippen LogP contribution >= 0.6 is 0 Å². The van der Waals surface area contributed by atoms with Gasteiger partial charge in [0.2, 0.25) is 0 Å². The van der Waals surface area contributed by atoms with E-state index in [9.17, 15) is 0 Å². The van der Waals surface area contributed by atoms with E-state index in [-0.39, 0.29) is 61.8 Å². The molecule has 0 spiro atoms. The van der Waals surface area contributed by atoms with E-state index in [0.29, 0.717) is 5.92 Å². The number of hydrogen-bond donors (Lipinski definition) is 0. The minimum absolute atomic E-state index is 0. The molecule has 182 valence electrons. The van der Waals surface area contributed by atoms with Gasteiger partial charge in [-0.05, 0) is 40.7 Å². The zero-order valence-corrected chi connectivity index (χ0v) is 25.7. The second-order valence-electron chi connectivity index (χ2n) is 11.2. The van der Waals surface area contributed by atoms with E-state index in [0.717, 1.165) is 12.8 Å². The average Bonchev–Trinajstić information content (AvgIpc) is 3.48. The molecule has 3 heteroatoms. The van der Waals surface area contributed by atoms with Gasteiger partial charge in [-0.2, -0.15) is 35.9 Å². The summed E-state index contributed by atoms with van der Waals surface area (Å²) in [7, 11) is 0. The van der Waals surface area contributed by atoms with E-state index in [1.165, 1.54) is 38.9 Å². The van der Waals surface area contributed by atoms with Crippen molar-refractivity contribution >= 4 is 0 Å². The SMILES string of the molecule is CC(C)(C)c1[c-]c2c(c(CC3C=CC=C3)c1)-c1ccc(C(C)(C)C)cc1C2.[Cl-].[Cl-].[Zr+4].c1cc[cH-]c1. The van der Waals surface area contributed by atoms with Crippen LogP contribution in [0.15, 0.2) is 78.9 Å². The van der Waals surface area contributed by atoms with Crippen LogP contribution in [0.2, 0.25) is 0 Å². The number of hydrogen-bond acceptors (Lipinski definition) is 0. The quantitative estimate of drug-likeness (QED) is 0.319. The Hall–Kier alpha value is -1.27. The van der Waals surface area contributed by atoms with Gasteiger partial charge in [0.05, 0.1) is 0 Å². The Labute approximate surface area is 244 Å². The van der Waals surface area contributed by atoms with E-state index >= 15 is 0 Å². The minimum Gasteiger partial charge on any atom is -1.00 e. The second kappa shape index (κ2) is 12.8. The van der Waals surface area contributed by atoms with Gasteiger partial charge in [0.15, 0.2) is 0 Å². The van der Waals surface area contributed by atoms with Crippen molar-refractivity contribution in [3.05, 3.63) is 113 Å². The molecule has 35 heavy (non-hydrogen) atoms. The molecule has 2 aliphatic rings. The van der Waals surface area contributed by atoms with E-state index in [1.807, 2.05) is 30.3 Å². The molecule has 5 rings (SSSR count). The van der Waals surface area contributed by atoms with Gasteiger partial charge in [-0.3, -0.25) is 0 Å². The zero-order valence-electron chi connectivity index (χ0n) is 21.8. The van der Waals surface area contributed by atoms with Crippen molar-refractivity contribution in [2.45, 2.75) is 65.2 Å². The number of benzene rings is 2. The van der Waals surface area contributed by atoms with E-state index in [1.54, 1.807) is 0 Å². The number of rotatable bonds is 2. The van der Waals surface area contributed by atoms with Crippen LogP contribution in [-0.4, -0.2) is 0 Å². The molecule has 0 N–H and O–H groups in total. The summed E-state index contributed by atoms with van der Waals surface area (Å²) >= 11 is 0. The fraction of sp³-hybridized carbons (Fsp3) is 0.344. The summed E-state index contributed by atoms with van der Waals surface area (Å²) in [5, 5.41) is 0. The first-order chi connectivity index (χ1) is 15.1. The van der Waals surface area contributed by atoms with Gasteiger partial charge < -0.3 is 24.8 Å². The molecule has 0 heterocycles. The predicted octanol–water partition coefficient (Wildman–Crippen LogP) is 2.35. The third kappa shape index (κ3) is 7.61. The topological polar surface area (TPSA) is 0 Å². The molecule has 0 aliphatic heterocycles. The van der Waals surface area contributed by atoms with Gasteiger partial charge >= 0.3 is 26.2 Å². The van der Waals surface area contributed by atoms with Crippen LogP contribution in [0.5, 0.6) is 0 Å². The van der Waals surface area contributed by atoms with Crippen LogP contribution in [0.1, 0.15) is 69.4 Å². The van der Waals surface area contributed by atoms with Gasteiger partial charge in [-0.15, -0.1) is 16.7 Å². The third-order valence-corrected chi connectivity index (χ3v) is 6.48. The standard InChI is InChI=1S/C27H31.C5H5.2ClH.Zr/c1-26(2,3)22-11-12-24-19(15-22)14-21-17-23(27(4,5)6)16-20(25(21)24)13-18-9-7-8-10-18;1-2-4-5-3-1;;;/h7-12,15-16,18H,13-14H2,1-6H3;1-5H;2*1H;/q2*-1;;;+4/p-2. The Kier molecular flexibility index (Phi) is 11.6. The Morgan fingerprint density at radius 3 is 2.03 bits per heavy atom. The van der Waals surface area contributed by atoms with Crippen molar-refractivity contribution in [3.8, 4) is 11.1 Å². The Morgan fingerprint density at radius 1 is 0.886 bits per heavy atom. The molecule has 0 unspecified atom stereocenters. The largest absolute Gasteiger partial charge is 4.00 e. The molecule has 0 fully saturated rings. The third-order valence-electron chi connectivity index (χ3n) is 6.48. The van der Waals surface area contributed by atoms with Crippen LogP contribution < -0.4 is 24.8 Å². The van der Waals surface area contributed by atoms with Crippen molar-refractivity contribution in [1.29, 1.82) is 0 Å². The molecule has 0 nitrogen and oxygen atoms in total. The molecule has 0 bridgehead atoms. The summed E-state index contributed by atoms with van der Waals surface area (Å²) in [6, 6.07) is 23.3. The predicted molar refractivity (Wildman–Crippen MR) is 138 cm³/mol. The van der Waals surface area contributed by atoms with Crippen LogP contribution in [0, 0.1) is 12.0 Å². The molecular weight excluding hydrogens is 546 g/mol. The van der Waals surface area contributed by atoms with Gasteiger partial charge in [-0.1, -0.05) is 89.6 Å². The summed E-state index contributed by atoms with van der Waals surface area (Å²) in [6.45, 7) is 13.8. The fourth-order valence-corrected chi connectivity index (χ4v) is 4.56. The maximum absolute atomic E-state index is 3.80. The fourth-order valence-electron chi connectivity index (χ4n) is 4.56. The monoisotopic (exact) mass is 580 g/mol. The zero-order chi connectivity index (χ0) is 22.9. The Balaban J connectivity index is 0.000000685. The molecule has 2 aliphatic carbocycles. The van der Waals surface area contributed by atoms with Crippen molar-refractivity contribution < 1.29 is 51.0 Å². The molecule has 0 radical (unpaired) electrons. The molecule has 0 saturated heterocycles. The molecule has 0 aromatic heterocycles. The summed E-state index contributed by atoms with van der Waals surface area (Å²) in [4.78, 5) is 0. The molecule has 3 aromatic carbocycles.